The number of hydrogen-bond donors (Lipinski definition) is 1. The molecule has 92 valence electrons. The molecule has 1 N–H and O–H groups in total. The van der Waals surface area contributed by atoms with Crippen LogP contribution in [0.4, 0.5) is 0 Å². The molecule has 1 nitrogen and oxygen atoms in total. The SMILES string of the molecule is CNC(CCCCC(C)(C)C)C(C)(C)C. The summed E-state index contributed by atoms with van der Waals surface area (Å²) in [7, 11) is 2.08. The van der Waals surface area contributed by atoms with Crippen molar-refractivity contribution in [2.24, 2.45) is 10.8 Å². The number of hydrogen-bond acceptors (Lipinski definition) is 1. The van der Waals surface area contributed by atoms with Crippen LogP contribution in [0.1, 0.15) is 67.2 Å². The lowest BCUT2D eigenvalue weighted by Crippen LogP contribution is -2.37. The second kappa shape index (κ2) is 5.89. The Hall–Kier alpha value is -0.0400. The topological polar surface area (TPSA) is 12.0 Å². The van der Waals surface area contributed by atoms with Crippen molar-refractivity contribution >= 4 is 0 Å². The van der Waals surface area contributed by atoms with E-state index in [1.165, 1.54) is 25.7 Å². The maximum Gasteiger partial charge on any atom is 0.0113 e. The summed E-state index contributed by atoms with van der Waals surface area (Å²) >= 11 is 0. The third-order valence-corrected chi connectivity index (χ3v) is 3.06. The van der Waals surface area contributed by atoms with Gasteiger partial charge in [-0.3, -0.25) is 0 Å². The van der Waals surface area contributed by atoms with Crippen LogP contribution in [0.25, 0.3) is 0 Å². The Morgan fingerprint density at radius 3 is 1.80 bits per heavy atom. The molecule has 15 heavy (non-hydrogen) atoms. The third-order valence-electron chi connectivity index (χ3n) is 3.06. The fourth-order valence-electron chi connectivity index (χ4n) is 2.01. The lowest BCUT2D eigenvalue weighted by molar-refractivity contribution is 0.256. The van der Waals surface area contributed by atoms with E-state index < -0.39 is 0 Å². The molecule has 0 aliphatic rings. The second-order valence-electron chi connectivity index (χ2n) is 7.01. The predicted molar refractivity (Wildman–Crippen MR) is 70.2 cm³/mol. The maximum atomic E-state index is 3.44. The highest BCUT2D eigenvalue weighted by atomic mass is 14.9. The molecule has 0 spiro atoms. The Morgan fingerprint density at radius 1 is 0.933 bits per heavy atom. The zero-order chi connectivity index (χ0) is 12.1. The van der Waals surface area contributed by atoms with Gasteiger partial charge in [-0.15, -0.1) is 0 Å². The molecule has 0 bridgehead atoms. The van der Waals surface area contributed by atoms with Gasteiger partial charge < -0.3 is 5.32 Å². The van der Waals surface area contributed by atoms with Crippen molar-refractivity contribution in [3.05, 3.63) is 0 Å². The molecule has 1 atom stereocenters. The van der Waals surface area contributed by atoms with Crippen LogP contribution in [0.3, 0.4) is 0 Å². The normalized spacial score (nSPS) is 15.4. The van der Waals surface area contributed by atoms with Gasteiger partial charge in [0, 0.05) is 6.04 Å². The van der Waals surface area contributed by atoms with E-state index in [0.717, 1.165) is 0 Å². The van der Waals surface area contributed by atoms with Crippen molar-refractivity contribution in [1.29, 1.82) is 0 Å². The average Bonchev–Trinajstić information content (AvgIpc) is 1.99. The summed E-state index contributed by atoms with van der Waals surface area (Å²) in [6, 6.07) is 0.650. The zero-order valence-corrected chi connectivity index (χ0v) is 11.9. The van der Waals surface area contributed by atoms with Crippen molar-refractivity contribution in [1.82, 2.24) is 5.32 Å². The quantitative estimate of drug-likeness (QED) is 0.674. The van der Waals surface area contributed by atoms with Gasteiger partial charge in [0.15, 0.2) is 0 Å². The van der Waals surface area contributed by atoms with Gasteiger partial charge in [-0.2, -0.15) is 0 Å². The van der Waals surface area contributed by atoms with Gasteiger partial charge in [0.2, 0.25) is 0 Å². The molecule has 0 aromatic carbocycles. The Labute approximate surface area is 97.0 Å². The van der Waals surface area contributed by atoms with Gasteiger partial charge in [0.25, 0.3) is 0 Å². The van der Waals surface area contributed by atoms with Gasteiger partial charge in [-0.1, -0.05) is 54.4 Å². The molecule has 0 heterocycles. The molecule has 0 aromatic rings. The van der Waals surface area contributed by atoms with Crippen LogP contribution in [-0.4, -0.2) is 13.1 Å². The second-order valence-corrected chi connectivity index (χ2v) is 7.01. The molecule has 0 fully saturated rings. The minimum atomic E-state index is 0.385. The minimum absolute atomic E-state index is 0.385. The molecule has 0 saturated heterocycles. The summed E-state index contributed by atoms with van der Waals surface area (Å²) in [5.74, 6) is 0. The van der Waals surface area contributed by atoms with Crippen LogP contribution >= 0.6 is 0 Å². The molecule has 0 saturated carbocycles. The standard InChI is InChI=1S/C14H31N/c1-13(2,3)11-9-8-10-12(15-7)14(4,5)6/h12,15H,8-11H2,1-7H3. The summed E-state index contributed by atoms with van der Waals surface area (Å²) in [6.45, 7) is 13.9. The third kappa shape index (κ3) is 7.84. The molecular weight excluding hydrogens is 182 g/mol. The van der Waals surface area contributed by atoms with Crippen molar-refractivity contribution in [2.45, 2.75) is 73.3 Å². The van der Waals surface area contributed by atoms with Crippen LogP contribution in [0.2, 0.25) is 0 Å². The molecular formula is C14H31N. The van der Waals surface area contributed by atoms with Gasteiger partial charge >= 0.3 is 0 Å². The average molecular weight is 213 g/mol. The first kappa shape index (κ1) is 15.0. The van der Waals surface area contributed by atoms with Crippen molar-refractivity contribution < 1.29 is 0 Å². The van der Waals surface area contributed by atoms with E-state index in [4.69, 9.17) is 0 Å². The van der Waals surface area contributed by atoms with E-state index in [2.05, 4.69) is 53.9 Å². The summed E-state index contributed by atoms with van der Waals surface area (Å²) in [5, 5.41) is 3.44. The Morgan fingerprint density at radius 2 is 1.47 bits per heavy atom. The Balaban J connectivity index is 3.75. The van der Waals surface area contributed by atoms with Gasteiger partial charge in [0.1, 0.15) is 0 Å². The van der Waals surface area contributed by atoms with E-state index in [1.807, 2.05) is 0 Å². The molecule has 0 aromatic heterocycles. The monoisotopic (exact) mass is 213 g/mol. The number of nitrogens with one attached hydrogen (secondary N) is 1. The van der Waals surface area contributed by atoms with E-state index in [9.17, 15) is 0 Å². The Bertz CT molecular complexity index is 159. The lowest BCUT2D eigenvalue weighted by Gasteiger charge is -2.30. The fraction of sp³-hybridized carbons (Fsp3) is 1.00. The minimum Gasteiger partial charge on any atom is -0.316 e. The Kier molecular flexibility index (Phi) is 5.87. The van der Waals surface area contributed by atoms with Crippen molar-refractivity contribution in [2.75, 3.05) is 7.05 Å². The fourth-order valence-corrected chi connectivity index (χ4v) is 2.01. The summed E-state index contributed by atoms with van der Waals surface area (Å²) in [6.07, 6.45) is 5.35. The molecule has 0 aliphatic carbocycles. The van der Waals surface area contributed by atoms with E-state index in [1.54, 1.807) is 0 Å². The highest BCUT2D eigenvalue weighted by molar-refractivity contribution is 4.79. The van der Waals surface area contributed by atoms with Gasteiger partial charge in [-0.05, 0) is 30.7 Å². The van der Waals surface area contributed by atoms with Gasteiger partial charge in [-0.25, -0.2) is 0 Å². The number of unbranched alkanes of at least 4 members (excludes halogenated alkanes) is 1. The molecule has 0 amide bonds. The molecule has 0 aliphatic heterocycles. The smallest absolute Gasteiger partial charge is 0.0113 e. The molecule has 1 unspecified atom stereocenters. The first-order valence-electron chi connectivity index (χ1n) is 6.34. The largest absolute Gasteiger partial charge is 0.316 e. The van der Waals surface area contributed by atoms with E-state index >= 15 is 0 Å². The summed E-state index contributed by atoms with van der Waals surface area (Å²) < 4.78 is 0. The van der Waals surface area contributed by atoms with Gasteiger partial charge in [0.05, 0.1) is 0 Å². The van der Waals surface area contributed by atoms with Crippen LogP contribution < -0.4 is 5.32 Å². The highest BCUT2D eigenvalue weighted by Gasteiger charge is 2.22. The zero-order valence-electron chi connectivity index (χ0n) is 11.9. The predicted octanol–water partition coefficient (Wildman–Crippen LogP) is 4.23. The maximum absolute atomic E-state index is 3.44. The molecule has 0 radical (unpaired) electrons. The van der Waals surface area contributed by atoms with E-state index in [-0.39, 0.29) is 0 Å². The summed E-state index contributed by atoms with van der Waals surface area (Å²) in [5.41, 5.74) is 0.882. The van der Waals surface area contributed by atoms with Crippen LogP contribution in [-0.2, 0) is 0 Å². The van der Waals surface area contributed by atoms with Crippen LogP contribution in [0.5, 0.6) is 0 Å². The van der Waals surface area contributed by atoms with Crippen LogP contribution in [0, 0.1) is 10.8 Å². The van der Waals surface area contributed by atoms with Crippen molar-refractivity contribution in [3.8, 4) is 0 Å². The summed E-state index contributed by atoms with van der Waals surface area (Å²) in [4.78, 5) is 0. The molecule has 1 heteroatoms. The molecule has 0 rings (SSSR count). The first-order chi connectivity index (χ1) is 6.67. The van der Waals surface area contributed by atoms with Crippen LogP contribution in [0.15, 0.2) is 0 Å². The first-order valence-corrected chi connectivity index (χ1v) is 6.34. The lowest BCUT2D eigenvalue weighted by atomic mass is 9.82. The number of rotatable bonds is 5. The van der Waals surface area contributed by atoms with Crippen molar-refractivity contribution in [3.63, 3.8) is 0 Å². The van der Waals surface area contributed by atoms with E-state index in [0.29, 0.717) is 16.9 Å². The highest BCUT2D eigenvalue weighted by Crippen LogP contribution is 2.26.